The Labute approximate surface area is 125 Å². The molecule has 0 aromatic heterocycles. The number of nitrogens with one attached hydrogen (secondary N) is 2. The second-order valence-electron chi connectivity index (χ2n) is 4.68. The van der Waals surface area contributed by atoms with Crippen LogP contribution in [-0.2, 0) is 14.8 Å². The third-order valence-corrected chi connectivity index (χ3v) is 4.60. The van der Waals surface area contributed by atoms with Crippen LogP contribution in [0.3, 0.4) is 0 Å². The first-order valence-corrected chi connectivity index (χ1v) is 8.42. The predicted octanol–water partition coefficient (Wildman–Crippen LogP) is 1.80. The second kappa shape index (κ2) is 8.09. The Kier molecular flexibility index (Phi) is 6.77. The SMILES string of the molecule is CCC(CC)NC(=O)CCNS(=O)(=O)c1ccc(F)cc1. The minimum atomic E-state index is -3.71. The van der Waals surface area contributed by atoms with Gasteiger partial charge in [0.15, 0.2) is 0 Å². The number of carbonyl (C=O) groups excluding carboxylic acids is 1. The van der Waals surface area contributed by atoms with Crippen LogP contribution in [0.5, 0.6) is 0 Å². The molecule has 0 saturated heterocycles. The molecule has 0 spiro atoms. The Morgan fingerprint density at radius 3 is 2.29 bits per heavy atom. The highest BCUT2D eigenvalue weighted by atomic mass is 32.2. The molecule has 0 aliphatic rings. The van der Waals surface area contributed by atoms with Gasteiger partial charge in [0, 0.05) is 19.0 Å². The van der Waals surface area contributed by atoms with E-state index >= 15 is 0 Å². The largest absolute Gasteiger partial charge is 0.353 e. The van der Waals surface area contributed by atoms with Crippen LogP contribution in [0.1, 0.15) is 33.1 Å². The number of carbonyl (C=O) groups is 1. The van der Waals surface area contributed by atoms with Crippen LogP contribution in [0.4, 0.5) is 4.39 Å². The first kappa shape index (κ1) is 17.6. The molecule has 1 aromatic rings. The summed E-state index contributed by atoms with van der Waals surface area (Å²) in [5, 5.41) is 2.83. The van der Waals surface area contributed by atoms with E-state index in [4.69, 9.17) is 0 Å². The average Bonchev–Trinajstić information content (AvgIpc) is 2.45. The normalized spacial score (nSPS) is 11.6. The van der Waals surface area contributed by atoms with Crippen molar-refractivity contribution in [1.82, 2.24) is 10.0 Å². The van der Waals surface area contributed by atoms with E-state index in [1.165, 1.54) is 12.1 Å². The lowest BCUT2D eigenvalue weighted by molar-refractivity contribution is -0.121. The second-order valence-corrected chi connectivity index (χ2v) is 6.45. The fourth-order valence-corrected chi connectivity index (χ4v) is 2.82. The molecule has 0 unspecified atom stereocenters. The predicted molar refractivity (Wildman–Crippen MR) is 78.7 cm³/mol. The zero-order valence-electron chi connectivity index (χ0n) is 12.2. The molecule has 0 heterocycles. The molecule has 0 fully saturated rings. The Morgan fingerprint density at radius 2 is 1.76 bits per heavy atom. The van der Waals surface area contributed by atoms with Gasteiger partial charge < -0.3 is 5.32 Å². The summed E-state index contributed by atoms with van der Waals surface area (Å²) in [6, 6.07) is 4.64. The summed E-state index contributed by atoms with van der Waals surface area (Å²) in [5.41, 5.74) is 0. The van der Waals surface area contributed by atoms with Crippen molar-refractivity contribution >= 4 is 15.9 Å². The fourth-order valence-electron chi connectivity index (χ4n) is 1.79. The van der Waals surface area contributed by atoms with E-state index in [2.05, 4.69) is 10.0 Å². The summed E-state index contributed by atoms with van der Waals surface area (Å²) >= 11 is 0. The number of hydrogen-bond donors (Lipinski definition) is 2. The maximum atomic E-state index is 12.8. The number of benzene rings is 1. The van der Waals surface area contributed by atoms with E-state index < -0.39 is 15.8 Å². The molecule has 7 heteroatoms. The summed E-state index contributed by atoms with van der Waals surface area (Å²) in [4.78, 5) is 11.6. The van der Waals surface area contributed by atoms with Crippen molar-refractivity contribution in [2.75, 3.05) is 6.54 Å². The number of amides is 1. The van der Waals surface area contributed by atoms with Crippen LogP contribution in [0, 0.1) is 5.82 Å². The summed E-state index contributed by atoms with van der Waals surface area (Å²) in [6.07, 6.45) is 1.74. The monoisotopic (exact) mass is 316 g/mol. The van der Waals surface area contributed by atoms with Crippen molar-refractivity contribution in [3.05, 3.63) is 30.1 Å². The molecule has 0 aliphatic carbocycles. The minimum Gasteiger partial charge on any atom is -0.353 e. The Balaban J connectivity index is 2.47. The molecule has 1 amide bonds. The van der Waals surface area contributed by atoms with Gasteiger partial charge >= 0.3 is 0 Å². The molecule has 0 aliphatic heterocycles. The molecule has 5 nitrogen and oxygen atoms in total. The van der Waals surface area contributed by atoms with Gasteiger partial charge in [-0.2, -0.15) is 0 Å². The quantitative estimate of drug-likeness (QED) is 0.768. The highest BCUT2D eigenvalue weighted by Crippen LogP contribution is 2.09. The van der Waals surface area contributed by atoms with Crippen molar-refractivity contribution in [2.24, 2.45) is 0 Å². The molecular weight excluding hydrogens is 295 g/mol. The van der Waals surface area contributed by atoms with Crippen molar-refractivity contribution < 1.29 is 17.6 Å². The summed E-state index contributed by atoms with van der Waals surface area (Å²) in [7, 11) is -3.71. The van der Waals surface area contributed by atoms with E-state index in [-0.39, 0.29) is 29.8 Å². The van der Waals surface area contributed by atoms with E-state index in [1.807, 2.05) is 13.8 Å². The van der Waals surface area contributed by atoms with Gasteiger partial charge in [-0.05, 0) is 37.1 Å². The van der Waals surface area contributed by atoms with Gasteiger partial charge in [-0.15, -0.1) is 0 Å². The molecule has 0 atom stereocenters. The zero-order valence-corrected chi connectivity index (χ0v) is 13.0. The van der Waals surface area contributed by atoms with Gasteiger partial charge in [0.1, 0.15) is 5.82 Å². The molecule has 0 bridgehead atoms. The third kappa shape index (κ3) is 5.81. The highest BCUT2D eigenvalue weighted by Gasteiger charge is 2.14. The Hall–Kier alpha value is -1.47. The van der Waals surface area contributed by atoms with Crippen LogP contribution in [-0.4, -0.2) is 26.9 Å². The lowest BCUT2D eigenvalue weighted by atomic mass is 10.1. The van der Waals surface area contributed by atoms with E-state index in [0.29, 0.717) is 0 Å². The topological polar surface area (TPSA) is 75.3 Å². The molecule has 2 N–H and O–H groups in total. The average molecular weight is 316 g/mol. The molecular formula is C14H21FN2O3S. The zero-order chi connectivity index (χ0) is 15.9. The van der Waals surface area contributed by atoms with Crippen LogP contribution >= 0.6 is 0 Å². The van der Waals surface area contributed by atoms with Crippen LogP contribution in [0.15, 0.2) is 29.2 Å². The molecule has 118 valence electrons. The summed E-state index contributed by atoms with van der Waals surface area (Å²) < 4.78 is 38.9. The highest BCUT2D eigenvalue weighted by molar-refractivity contribution is 7.89. The number of hydrogen-bond acceptors (Lipinski definition) is 3. The van der Waals surface area contributed by atoms with E-state index in [0.717, 1.165) is 25.0 Å². The minimum absolute atomic E-state index is 0.00565. The standard InChI is InChI=1S/C14H21FN2O3S/c1-3-12(4-2)17-14(18)9-10-16-21(19,20)13-7-5-11(15)6-8-13/h5-8,12,16H,3-4,9-10H2,1-2H3,(H,17,18). The number of rotatable bonds is 8. The van der Waals surface area contributed by atoms with Gasteiger partial charge in [-0.25, -0.2) is 17.5 Å². The lowest BCUT2D eigenvalue weighted by Gasteiger charge is -2.14. The summed E-state index contributed by atoms with van der Waals surface area (Å²) in [6.45, 7) is 3.96. The molecule has 0 radical (unpaired) electrons. The van der Waals surface area contributed by atoms with Gasteiger partial charge in [0.25, 0.3) is 0 Å². The molecule has 21 heavy (non-hydrogen) atoms. The van der Waals surface area contributed by atoms with Crippen LogP contribution < -0.4 is 10.0 Å². The molecule has 1 rings (SSSR count). The maximum absolute atomic E-state index is 12.8. The molecule has 1 aromatic carbocycles. The first-order chi connectivity index (χ1) is 9.89. The Bertz CT molecular complexity index is 554. The van der Waals surface area contributed by atoms with Crippen molar-refractivity contribution in [1.29, 1.82) is 0 Å². The van der Waals surface area contributed by atoms with Crippen molar-refractivity contribution in [3.63, 3.8) is 0 Å². The maximum Gasteiger partial charge on any atom is 0.240 e. The first-order valence-electron chi connectivity index (χ1n) is 6.93. The van der Waals surface area contributed by atoms with E-state index in [1.54, 1.807) is 0 Å². The van der Waals surface area contributed by atoms with Gasteiger partial charge in [0.05, 0.1) is 4.90 Å². The van der Waals surface area contributed by atoms with Gasteiger partial charge in [-0.1, -0.05) is 13.8 Å². The Morgan fingerprint density at radius 1 is 1.19 bits per heavy atom. The third-order valence-electron chi connectivity index (χ3n) is 3.12. The number of halogens is 1. The molecule has 0 saturated carbocycles. The van der Waals surface area contributed by atoms with Crippen molar-refractivity contribution in [2.45, 2.75) is 44.0 Å². The van der Waals surface area contributed by atoms with Gasteiger partial charge in [-0.3, -0.25) is 4.79 Å². The smallest absolute Gasteiger partial charge is 0.240 e. The van der Waals surface area contributed by atoms with Crippen LogP contribution in [0.2, 0.25) is 0 Å². The summed E-state index contributed by atoms with van der Waals surface area (Å²) in [5.74, 6) is -0.691. The van der Waals surface area contributed by atoms with Crippen LogP contribution in [0.25, 0.3) is 0 Å². The fraction of sp³-hybridized carbons (Fsp3) is 0.500. The van der Waals surface area contributed by atoms with E-state index in [9.17, 15) is 17.6 Å². The van der Waals surface area contributed by atoms with Crippen molar-refractivity contribution in [3.8, 4) is 0 Å². The number of sulfonamides is 1. The lowest BCUT2D eigenvalue weighted by Crippen LogP contribution is -2.36. The van der Waals surface area contributed by atoms with Gasteiger partial charge in [0.2, 0.25) is 15.9 Å².